The van der Waals surface area contributed by atoms with E-state index in [1.54, 1.807) is 0 Å². The van der Waals surface area contributed by atoms with Gasteiger partial charge in [-0.05, 0) is 30.7 Å². The Morgan fingerprint density at radius 2 is 1.43 bits per heavy atom. The predicted molar refractivity (Wildman–Crippen MR) is 61.9 cm³/mol. The molecule has 0 saturated heterocycles. The van der Waals surface area contributed by atoms with Gasteiger partial charge in [-0.2, -0.15) is 0 Å². The zero-order valence-electron chi connectivity index (χ0n) is 9.07. The van der Waals surface area contributed by atoms with E-state index < -0.39 is 0 Å². The molecule has 1 heteroatoms. The van der Waals surface area contributed by atoms with Crippen LogP contribution in [0, 0.1) is 6.92 Å². The average Bonchev–Trinajstić information content (AvgIpc) is 2.75. The average molecular weight is 187 g/mol. The predicted octanol–water partition coefficient (Wildman–Crippen LogP) is 3.81. The summed E-state index contributed by atoms with van der Waals surface area (Å²) in [6.07, 6.45) is 4.12. The van der Waals surface area contributed by atoms with E-state index in [1.807, 2.05) is 26.0 Å². The maximum Gasteiger partial charge on any atom is 0.0478 e. The Bertz CT molecular complexity index is 360. The van der Waals surface area contributed by atoms with E-state index in [0.717, 1.165) is 0 Å². The first kappa shape index (κ1) is 10.6. The highest BCUT2D eigenvalue weighted by molar-refractivity contribution is 5.40. The van der Waals surface area contributed by atoms with E-state index in [2.05, 4.69) is 48.1 Å². The summed E-state index contributed by atoms with van der Waals surface area (Å²) in [6, 6.07) is 12.4. The SMILES string of the molecule is CC.Cc1ccccc1-n1cccc1. The van der Waals surface area contributed by atoms with Crippen LogP contribution in [0.1, 0.15) is 19.4 Å². The zero-order valence-corrected chi connectivity index (χ0v) is 9.07. The molecule has 14 heavy (non-hydrogen) atoms. The highest BCUT2D eigenvalue weighted by Gasteiger charge is 1.95. The van der Waals surface area contributed by atoms with Crippen molar-refractivity contribution in [2.75, 3.05) is 0 Å². The van der Waals surface area contributed by atoms with Gasteiger partial charge in [-0.3, -0.25) is 0 Å². The fourth-order valence-corrected chi connectivity index (χ4v) is 1.35. The number of hydrogen-bond donors (Lipinski definition) is 0. The lowest BCUT2D eigenvalue weighted by Crippen LogP contribution is -1.91. The molecular formula is C13H17N. The van der Waals surface area contributed by atoms with E-state index in [-0.39, 0.29) is 0 Å². The molecule has 0 radical (unpaired) electrons. The molecule has 2 aromatic rings. The van der Waals surface area contributed by atoms with Crippen molar-refractivity contribution in [3.63, 3.8) is 0 Å². The molecule has 0 amide bonds. The maximum absolute atomic E-state index is 2.12. The van der Waals surface area contributed by atoms with Gasteiger partial charge >= 0.3 is 0 Å². The van der Waals surface area contributed by atoms with Gasteiger partial charge in [-0.25, -0.2) is 0 Å². The second kappa shape index (κ2) is 5.28. The molecule has 2 rings (SSSR count). The lowest BCUT2D eigenvalue weighted by molar-refractivity contribution is 1.06. The van der Waals surface area contributed by atoms with Gasteiger partial charge < -0.3 is 4.57 Å². The Kier molecular flexibility index (Phi) is 3.99. The largest absolute Gasteiger partial charge is 0.324 e. The van der Waals surface area contributed by atoms with Crippen LogP contribution in [0.25, 0.3) is 5.69 Å². The van der Waals surface area contributed by atoms with Gasteiger partial charge in [0.1, 0.15) is 0 Å². The van der Waals surface area contributed by atoms with E-state index in [1.165, 1.54) is 11.3 Å². The summed E-state index contributed by atoms with van der Waals surface area (Å²) in [5.74, 6) is 0. The first-order chi connectivity index (χ1) is 6.88. The molecule has 0 saturated carbocycles. The quantitative estimate of drug-likeness (QED) is 0.639. The number of hydrogen-bond acceptors (Lipinski definition) is 0. The van der Waals surface area contributed by atoms with Crippen molar-refractivity contribution < 1.29 is 0 Å². The summed E-state index contributed by atoms with van der Waals surface area (Å²) in [7, 11) is 0. The highest BCUT2D eigenvalue weighted by atomic mass is 14.9. The minimum atomic E-state index is 1.25. The Morgan fingerprint density at radius 3 is 2.00 bits per heavy atom. The number of rotatable bonds is 1. The molecular weight excluding hydrogens is 170 g/mol. The molecule has 0 aliphatic carbocycles. The van der Waals surface area contributed by atoms with Crippen LogP contribution in [0.2, 0.25) is 0 Å². The minimum Gasteiger partial charge on any atom is -0.324 e. The second-order valence-electron chi connectivity index (χ2n) is 2.88. The number of aromatic nitrogens is 1. The van der Waals surface area contributed by atoms with Crippen LogP contribution in [0.15, 0.2) is 48.8 Å². The third kappa shape index (κ3) is 2.25. The number of nitrogens with zero attached hydrogens (tertiary/aromatic N) is 1. The molecule has 1 aromatic heterocycles. The Hall–Kier alpha value is -1.50. The third-order valence-electron chi connectivity index (χ3n) is 2.00. The van der Waals surface area contributed by atoms with Crippen molar-refractivity contribution in [2.45, 2.75) is 20.8 Å². The summed E-state index contributed by atoms with van der Waals surface area (Å²) >= 11 is 0. The van der Waals surface area contributed by atoms with Gasteiger partial charge in [0.15, 0.2) is 0 Å². The van der Waals surface area contributed by atoms with Gasteiger partial charge in [-0.1, -0.05) is 32.0 Å². The molecule has 0 spiro atoms. The van der Waals surface area contributed by atoms with Gasteiger partial charge in [0.2, 0.25) is 0 Å². The molecule has 0 aliphatic rings. The lowest BCUT2D eigenvalue weighted by Gasteiger charge is -2.05. The molecule has 74 valence electrons. The van der Waals surface area contributed by atoms with Crippen molar-refractivity contribution in [1.29, 1.82) is 0 Å². The fraction of sp³-hybridized carbons (Fsp3) is 0.231. The Labute approximate surface area is 86.0 Å². The Balaban J connectivity index is 0.000000461. The second-order valence-corrected chi connectivity index (χ2v) is 2.88. The van der Waals surface area contributed by atoms with Gasteiger partial charge in [0.05, 0.1) is 0 Å². The summed E-state index contributed by atoms with van der Waals surface area (Å²) in [5.41, 5.74) is 2.55. The summed E-state index contributed by atoms with van der Waals surface area (Å²) in [4.78, 5) is 0. The normalized spacial score (nSPS) is 9.07. The molecule has 0 bridgehead atoms. The minimum absolute atomic E-state index is 1.25. The molecule has 0 unspecified atom stereocenters. The maximum atomic E-state index is 2.12. The van der Waals surface area contributed by atoms with Crippen LogP contribution in [-0.4, -0.2) is 4.57 Å². The van der Waals surface area contributed by atoms with Gasteiger partial charge in [-0.15, -0.1) is 0 Å². The van der Waals surface area contributed by atoms with E-state index >= 15 is 0 Å². The van der Waals surface area contributed by atoms with E-state index in [0.29, 0.717) is 0 Å². The van der Waals surface area contributed by atoms with E-state index in [9.17, 15) is 0 Å². The highest BCUT2D eigenvalue weighted by Crippen LogP contribution is 2.12. The van der Waals surface area contributed by atoms with Crippen molar-refractivity contribution in [3.8, 4) is 5.69 Å². The standard InChI is InChI=1S/C11H11N.C2H6/c1-10-6-2-3-7-11(10)12-8-4-5-9-12;1-2/h2-9H,1H3;1-2H3. The third-order valence-corrected chi connectivity index (χ3v) is 2.00. The van der Waals surface area contributed by atoms with E-state index in [4.69, 9.17) is 0 Å². The van der Waals surface area contributed by atoms with Crippen molar-refractivity contribution in [2.24, 2.45) is 0 Å². The molecule has 1 aromatic carbocycles. The van der Waals surface area contributed by atoms with Crippen LogP contribution >= 0.6 is 0 Å². The monoisotopic (exact) mass is 187 g/mol. The van der Waals surface area contributed by atoms with Crippen LogP contribution in [-0.2, 0) is 0 Å². The zero-order chi connectivity index (χ0) is 10.4. The molecule has 0 N–H and O–H groups in total. The summed E-state index contributed by atoms with van der Waals surface area (Å²) < 4.78 is 2.12. The van der Waals surface area contributed by atoms with Crippen LogP contribution < -0.4 is 0 Å². The molecule has 0 atom stereocenters. The fourth-order valence-electron chi connectivity index (χ4n) is 1.35. The molecule has 0 fully saturated rings. The summed E-state index contributed by atoms with van der Waals surface area (Å²) in [6.45, 7) is 6.12. The molecule has 1 heterocycles. The number of benzene rings is 1. The first-order valence-electron chi connectivity index (χ1n) is 5.07. The molecule has 0 aliphatic heterocycles. The van der Waals surface area contributed by atoms with Crippen molar-refractivity contribution in [3.05, 3.63) is 54.4 Å². The first-order valence-corrected chi connectivity index (χ1v) is 5.07. The van der Waals surface area contributed by atoms with Crippen LogP contribution in [0.4, 0.5) is 0 Å². The number of para-hydroxylation sites is 1. The smallest absolute Gasteiger partial charge is 0.0478 e. The summed E-state index contributed by atoms with van der Waals surface area (Å²) in [5, 5.41) is 0. The van der Waals surface area contributed by atoms with Gasteiger partial charge in [0.25, 0.3) is 0 Å². The van der Waals surface area contributed by atoms with Crippen molar-refractivity contribution >= 4 is 0 Å². The lowest BCUT2D eigenvalue weighted by atomic mass is 10.2. The molecule has 1 nitrogen and oxygen atoms in total. The van der Waals surface area contributed by atoms with Crippen LogP contribution in [0.5, 0.6) is 0 Å². The van der Waals surface area contributed by atoms with Crippen molar-refractivity contribution in [1.82, 2.24) is 4.57 Å². The number of aryl methyl sites for hydroxylation is 1. The topological polar surface area (TPSA) is 4.93 Å². The Morgan fingerprint density at radius 1 is 0.857 bits per heavy atom. The van der Waals surface area contributed by atoms with Gasteiger partial charge in [0, 0.05) is 18.1 Å². The van der Waals surface area contributed by atoms with Crippen LogP contribution in [0.3, 0.4) is 0 Å².